The number of nitrogens with one attached hydrogen (secondary N) is 1. The Labute approximate surface area is 189 Å². The van der Waals surface area contributed by atoms with Gasteiger partial charge >= 0.3 is 5.97 Å². The average molecular weight is 477 g/mol. The lowest BCUT2D eigenvalue weighted by Gasteiger charge is -2.49. The molecular weight excluding hydrogens is 458 g/mol. The fourth-order valence-corrected chi connectivity index (χ4v) is 5.26. The topological polar surface area (TPSA) is 164 Å². The monoisotopic (exact) mass is 476 g/mol. The standard InChI is InChI=1S/C18H17N7O5S2/c1-30-23-11(10-7-32-18(19)21-10)14(26)22-12-15(27)25-13(17(28)29)9(6-31-16(12)25)5-24-4-2-3-20-8-24/h2-4,7-8,12,16H,5-6H2,1H3,(H3-,19,21,22,26,28,29)/p+1/b23-11-/t12-,16?/m1/s1. The third-order valence-electron chi connectivity index (χ3n) is 4.74. The molecule has 2 amide bonds. The molecule has 12 nitrogen and oxygen atoms in total. The lowest BCUT2D eigenvalue weighted by molar-refractivity contribution is -0.692. The Balaban J connectivity index is 1.53. The maximum absolute atomic E-state index is 12.8. The molecular formula is C18H18N7O5S2+. The molecule has 0 aromatic carbocycles. The fourth-order valence-electron chi connectivity index (χ4n) is 3.38. The number of amides is 2. The van der Waals surface area contributed by atoms with Crippen LogP contribution >= 0.6 is 23.1 Å². The Morgan fingerprint density at radius 3 is 2.94 bits per heavy atom. The summed E-state index contributed by atoms with van der Waals surface area (Å²) < 4.78 is 1.73. The third kappa shape index (κ3) is 4.01. The molecule has 2 aliphatic heterocycles. The number of aliphatic carboxylic acids is 1. The molecule has 0 radical (unpaired) electrons. The van der Waals surface area contributed by atoms with E-state index in [-0.39, 0.29) is 28.8 Å². The maximum Gasteiger partial charge on any atom is 0.352 e. The van der Waals surface area contributed by atoms with E-state index in [1.54, 1.807) is 34.7 Å². The molecule has 0 spiro atoms. The van der Waals surface area contributed by atoms with E-state index < -0.39 is 29.2 Å². The second-order valence-corrected chi connectivity index (χ2v) is 8.73. The van der Waals surface area contributed by atoms with Crippen molar-refractivity contribution in [2.75, 3.05) is 18.6 Å². The molecule has 2 aliphatic rings. The van der Waals surface area contributed by atoms with E-state index in [1.807, 2.05) is 0 Å². The minimum Gasteiger partial charge on any atom is -0.477 e. The van der Waals surface area contributed by atoms with Crippen molar-refractivity contribution in [3.8, 4) is 0 Å². The van der Waals surface area contributed by atoms with E-state index in [1.165, 1.54) is 23.8 Å². The third-order valence-corrected chi connectivity index (χ3v) is 6.75. The first-order chi connectivity index (χ1) is 15.4. The Morgan fingerprint density at radius 2 is 2.31 bits per heavy atom. The highest BCUT2D eigenvalue weighted by Gasteiger charge is 2.54. The summed E-state index contributed by atoms with van der Waals surface area (Å²) in [6.07, 6.45) is 4.95. The van der Waals surface area contributed by atoms with E-state index in [9.17, 15) is 19.5 Å². The van der Waals surface area contributed by atoms with Gasteiger partial charge in [0.05, 0.1) is 6.20 Å². The lowest BCUT2D eigenvalue weighted by atomic mass is 10.0. The Hall–Kier alpha value is -3.52. The van der Waals surface area contributed by atoms with Crippen LogP contribution in [0.5, 0.6) is 0 Å². The molecule has 166 valence electrons. The van der Waals surface area contributed by atoms with Gasteiger partial charge in [0.1, 0.15) is 42.7 Å². The number of aromatic nitrogens is 3. The van der Waals surface area contributed by atoms with Crippen LogP contribution in [0, 0.1) is 0 Å². The van der Waals surface area contributed by atoms with Crippen molar-refractivity contribution in [1.29, 1.82) is 0 Å². The van der Waals surface area contributed by atoms with E-state index in [2.05, 4.69) is 20.4 Å². The second kappa shape index (κ2) is 8.92. The van der Waals surface area contributed by atoms with Gasteiger partial charge in [-0.3, -0.25) is 14.5 Å². The SMILES string of the molecule is CO/N=C(\C(=O)N[C@@H]1C(=O)N2C(C(=O)O)=C(C[n+]3cccnc3)CSC12)c1csc(N)n1. The minimum absolute atomic E-state index is 0.0707. The second-order valence-electron chi connectivity index (χ2n) is 6.74. The van der Waals surface area contributed by atoms with E-state index in [4.69, 9.17) is 10.6 Å². The molecule has 1 unspecified atom stereocenters. The van der Waals surface area contributed by atoms with E-state index in [0.717, 1.165) is 11.3 Å². The van der Waals surface area contributed by atoms with Crippen molar-refractivity contribution in [3.63, 3.8) is 0 Å². The smallest absolute Gasteiger partial charge is 0.352 e. The maximum atomic E-state index is 12.8. The van der Waals surface area contributed by atoms with E-state index >= 15 is 0 Å². The lowest BCUT2D eigenvalue weighted by Crippen LogP contribution is -2.71. The van der Waals surface area contributed by atoms with Gasteiger partial charge in [-0.1, -0.05) is 10.1 Å². The van der Waals surface area contributed by atoms with Crippen LogP contribution < -0.4 is 15.6 Å². The normalized spacial score (nSPS) is 20.5. The summed E-state index contributed by atoms with van der Waals surface area (Å²) in [4.78, 5) is 51.6. The van der Waals surface area contributed by atoms with Gasteiger partial charge in [-0.25, -0.2) is 14.3 Å². The zero-order valence-corrected chi connectivity index (χ0v) is 18.3. The first-order valence-electron chi connectivity index (χ1n) is 9.23. The van der Waals surface area contributed by atoms with E-state index in [0.29, 0.717) is 11.3 Å². The zero-order chi connectivity index (χ0) is 22.8. The van der Waals surface area contributed by atoms with Crippen molar-refractivity contribution < 1.29 is 28.9 Å². The number of carbonyl (C=O) groups excluding carboxylic acids is 2. The largest absolute Gasteiger partial charge is 0.477 e. The molecule has 0 aliphatic carbocycles. The number of anilines is 1. The molecule has 0 saturated carbocycles. The molecule has 1 fully saturated rings. The highest BCUT2D eigenvalue weighted by molar-refractivity contribution is 8.00. The van der Waals surface area contributed by atoms with Crippen LogP contribution in [0.25, 0.3) is 0 Å². The average Bonchev–Trinajstić information content (AvgIpc) is 3.21. The number of carbonyl (C=O) groups is 3. The number of fused-ring (bicyclic) bond motifs is 1. The van der Waals surface area contributed by atoms with Crippen LogP contribution in [0.3, 0.4) is 0 Å². The Morgan fingerprint density at radius 1 is 1.50 bits per heavy atom. The van der Waals surface area contributed by atoms with Crippen molar-refractivity contribution in [2.24, 2.45) is 5.16 Å². The number of carboxylic acid groups (broad SMARTS) is 1. The van der Waals surface area contributed by atoms with Crippen LogP contribution in [0.1, 0.15) is 5.69 Å². The predicted molar refractivity (Wildman–Crippen MR) is 114 cm³/mol. The molecule has 2 aromatic rings. The zero-order valence-electron chi connectivity index (χ0n) is 16.7. The van der Waals surface area contributed by atoms with Gasteiger partial charge in [-0.15, -0.1) is 23.1 Å². The van der Waals surface area contributed by atoms with Crippen LogP contribution in [0.15, 0.2) is 46.6 Å². The molecule has 14 heteroatoms. The Kier molecular flexibility index (Phi) is 6.05. The number of thioether (sulfide) groups is 1. The van der Waals surface area contributed by atoms with Gasteiger partial charge in [0, 0.05) is 22.8 Å². The van der Waals surface area contributed by atoms with Crippen molar-refractivity contribution in [3.05, 3.63) is 47.1 Å². The number of nitrogen functional groups attached to an aromatic ring is 1. The van der Waals surface area contributed by atoms with Crippen molar-refractivity contribution in [2.45, 2.75) is 18.0 Å². The molecule has 1 saturated heterocycles. The number of oxime groups is 1. The summed E-state index contributed by atoms with van der Waals surface area (Å²) in [6.45, 7) is 0.284. The van der Waals surface area contributed by atoms with Gasteiger partial charge < -0.3 is 21.0 Å². The highest BCUT2D eigenvalue weighted by Crippen LogP contribution is 2.40. The summed E-state index contributed by atoms with van der Waals surface area (Å²) >= 11 is 2.50. The minimum atomic E-state index is -1.20. The molecule has 2 aromatic heterocycles. The summed E-state index contributed by atoms with van der Waals surface area (Å²) in [7, 11) is 1.28. The molecule has 4 heterocycles. The number of carboxylic acids is 1. The number of rotatable bonds is 7. The quantitative estimate of drug-likeness (QED) is 0.201. The fraction of sp³-hybridized carbons (Fsp3) is 0.278. The molecule has 2 atom stereocenters. The first kappa shape index (κ1) is 21.7. The number of nitrogens with two attached hydrogens (primary N) is 1. The first-order valence-corrected chi connectivity index (χ1v) is 11.2. The number of hydrogen-bond acceptors (Lipinski definition) is 10. The van der Waals surface area contributed by atoms with Crippen molar-refractivity contribution in [1.82, 2.24) is 20.2 Å². The highest BCUT2D eigenvalue weighted by atomic mass is 32.2. The van der Waals surface area contributed by atoms with Gasteiger partial charge in [0.2, 0.25) is 0 Å². The number of thiazole rings is 1. The van der Waals surface area contributed by atoms with Crippen LogP contribution in [-0.4, -0.2) is 67.7 Å². The number of nitrogens with zero attached hydrogens (tertiary/aromatic N) is 5. The Bertz CT molecular complexity index is 1130. The van der Waals surface area contributed by atoms with Crippen LogP contribution in [0.2, 0.25) is 0 Å². The van der Waals surface area contributed by atoms with Gasteiger partial charge in [0.25, 0.3) is 18.1 Å². The van der Waals surface area contributed by atoms with Crippen LogP contribution in [-0.2, 0) is 25.8 Å². The molecule has 32 heavy (non-hydrogen) atoms. The molecule has 0 bridgehead atoms. The predicted octanol–water partition coefficient (Wildman–Crippen LogP) is -0.803. The van der Waals surface area contributed by atoms with Gasteiger partial charge in [-0.05, 0) is 0 Å². The van der Waals surface area contributed by atoms with Crippen molar-refractivity contribution >= 4 is 51.7 Å². The molecule has 4 rings (SSSR count). The van der Waals surface area contributed by atoms with Gasteiger partial charge in [-0.2, -0.15) is 0 Å². The summed E-state index contributed by atoms with van der Waals surface area (Å²) in [5.74, 6) is -2.01. The number of β-lactam (4-membered cyclic amide) rings is 1. The summed E-state index contributed by atoms with van der Waals surface area (Å²) in [5, 5.41) is 17.3. The number of hydrogen-bond donors (Lipinski definition) is 3. The molecule has 4 N–H and O–H groups in total. The van der Waals surface area contributed by atoms with Crippen LogP contribution in [0.4, 0.5) is 5.13 Å². The summed E-state index contributed by atoms with van der Waals surface area (Å²) in [6, 6.07) is 0.822. The summed E-state index contributed by atoms with van der Waals surface area (Å²) in [5.41, 5.74) is 6.22. The van der Waals surface area contributed by atoms with Gasteiger partial charge in [0.15, 0.2) is 10.8 Å².